The Kier molecular flexibility index (Phi) is 26.6. The number of aldehydes is 2. The van der Waals surface area contributed by atoms with Crippen molar-refractivity contribution in [2.75, 3.05) is 28.4 Å². The Balaban J connectivity index is 0.000000694. The van der Waals surface area contributed by atoms with Crippen molar-refractivity contribution < 1.29 is 100 Å². The SMILES string of the molecule is COC(=O)C1CCC(C(=O)Cl)CC1.COC(=O)C1CCC(C(O)S(=O)(=O)[O-])CC1.COC(=O)C1CCC(C=O)CC1.COC(=O)C1CCC(C=O)CC1.[Na+]. The molecule has 4 fully saturated rings. The molecule has 0 saturated heterocycles. The molecule has 4 aliphatic rings. The summed E-state index contributed by atoms with van der Waals surface area (Å²) in [6.07, 6.45) is 13.0. The van der Waals surface area contributed by atoms with Crippen LogP contribution in [0.15, 0.2) is 0 Å². The average molecular weight is 819 g/mol. The second kappa shape index (κ2) is 27.6. The summed E-state index contributed by atoms with van der Waals surface area (Å²) in [4.78, 5) is 76.0. The fourth-order valence-electron chi connectivity index (χ4n) is 7.08. The van der Waals surface area contributed by atoms with Gasteiger partial charge in [-0.3, -0.25) is 24.0 Å². The molecule has 54 heavy (non-hydrogen) atoms. The van der Waals surface area contributed by atoms with Gasteiger partial charge in [0.1, 0.15) is 28.1 Å². The second-order valence-electron chi connectivity index (χ2n) is 13.9. The van der Waals surface area contributed by atoms with Gasteiger partial charge in [0.15, 0.2) is 0 Å². The fraction of sp³-hybridized carbons (Fsp3) is 0.806. The van der Waals surface area contributed by atoms with E-state index in [0.717, 1.165) is 76.8 Å². The van der Waals surface area contributed by atoms with Gasteiger partial charge in [0.25, 0.3) is 0 Å². The van der Waals surface area contributed by atoms with Crippen molar-refractivity contribution in [3.63, 3.8) is 0 Å². The molecule has 0 aromatic heterocycles. The molecule has 0 amide bonds. The normalized spacial score (nSPS) is 28.3. The summed E-state index contributed by atoms with van der Waals surface area (Å²) in [6.45, 7) is 0. The van der Waals surface area contributed by atoms with E-state index in [1.165, 1.54) is 28.4 Å². The first kappa shape index (κ1) is 52.0. The standard InChI is InChI=1S/C9H13ClO3.C9H16O6S.2C9H14O3.Na/c1-13-9(12)7-4-2-6(3-5-7)8(10)11;1-15-8(10)6-2-4-7(5-3-6)9(11)16(12,13)14;2*1-12-9(11)8-4-2-7(6-10)3-5-8;/h6-7H,2-5H2,1H3;6-7,9,11H,2-5H2,1H3,(H,12,13,14);2*6-8H,2-5H2,1H3;/q;;;;+1/p-1. The smallest absolute Gasteiger partial charge is 0.746 e. The number of esters is 4. The second-order valence-corrected chi connectivity index (χ2v) is 15.8. The van der Waals surface area contributed by atoms with Crippen LogP contribution in [0.5, 0.6) is 0 Å². The molecule has 0 spiro atoms. The average Bonchev–Trinajstić information content (AvgIpc) is 3.19. The van der Waals surface area contributed by atoms with E-state index >= 15 is 0 Å². The molecule has 0 aromatic carbocycles. The van der Waals surface area contributed by atoms with Crippen molar-refractivity contribution in [2.24, 2.45) is 47.3 Å². The van der Waals surface area contributed by atoms with Gasteiger partial charge in [-0.1, -0.05) is 0 Å². The molecule has 15 nitrogen and oxygen atoms in total. The van der Waals surface area contributed by atoms with Crippen molar-refractivity contribution in [2.45, 2.75) is 108 Å². The van der Waals surface area contributed by atoms with Gasteiger partial charge in [-0.15, -0.1) is 0 Å². The summed E-state index contributed by atoms with van der Waals surface area (Å²) in [5.74, 6) is -1.22. The minimum atomic E-state index is -4.66. The monoisotopic (exact) mass is 818 g/mol. The van der Waals surface area contributed by atoms with Crippen LogP contribution >= 0.6 is 11.6 Å². The molecule has 4 aliphatic carbocycles. The molecule has 0 aliphatic heterocycles. The van der Waals surface area contributed by atoms with Crippen LogP contribution in [0.3, 0.4) is 0 Å². The minimum Gasteiger partial charge on any atom is -0.746 e. The van der Waals surface area contributed by atoms with E-state index < -0.39 is 21.5 Å². The van der Waals surface area contributed by atoms with Crippen molar-refractivity contribution >= 4 is 63.4 Å². The molecule has 1 N–H and O–H groups in total. The van der Waals surface area contributed by atoms with Crippen LogP contribution in [0, 0.1) is 47.3 Å². The third-order valence-electron chi connectivity index (χ3n) is 10.6. The first-order valence-corrected chi connectivity index (χ1v) is 19.9. The topological polar surface area (TPSA) is 234 Å². The van der Waals surface area contributed by atoms with E-state index in [-0.39, 0.29) is 100 Å². The third-order valence-corrected chi connectivity index (χ3v) is 11.9. The maximum Gasteiger partial charge on any atom is 1.00 e. The Morgan fingerprint density at radius 2 is 0.796 bits per heavy atom. The van der Waals surface area contributed by atoms with E-state index in [2.05, 4.69) is 18.9 Å². The molecular formula is C36H56ClNaO15S. The first-order chi connectivity index (χ1) is 25.1. The summed E-state index contributed by atoms with van der Waals surface area (Å²) < 4.78 is 50.3. The zero-order valence-electron chi connectivity index (χ0n) is 32.1. The number of ether oxygens (including phenoxy) is 4. The molecule has 0 heterocycles. The number of hydrogen-bond acceptors (Lipinski definition) is 15. The number of rotatable bonds is 9. The first-order valence-electron chi connectivity index (χ1n) is 18.1. The van der Waals surface area contributed by atoms with Crippen molar-refractivity contribution in [3.8, 4) is 0 Å². The van der Waals surface area contributed by atoms with Gasteiger partial charge in [-0.2, -0.15) is 0 Å². The Labute approximate surface area is 345 Å². The number of aliphatic hydroxyl groups is 1. The van der Waals surface area contributed by atoms with E-state index in [4.69, 9.17) is 11.6 Å². The van der Waals surface area contributed by atoms with E-state index in [0.29, 0.717) is 38.5 Å². The van der Waals surface area contributed by atoms with Crippen LogP contribution in [0.2, 0.25) is 0 Å². The maximum atomic E-state index is 11.2. The summed E-state index contributed by atoms with van der Waals surface area (Å²) in [5, 5.41) is 9.00. The number of carbonyl (C=O) groups is 7. The largest absolute Gasteiger partial charge is 1.00 e. The molecule has 0 aromatic rings. The van der Waals surface area contributed by atoms with Crippen LogP contribution < -0.4 is 29.6 Å². The van der Waals surface area contributed by atoms with Crippen LogP contribution in [0.4, 0.5) is 0 Å². The van der Waals surface area contributed by atoms with E-state index in [9.17, 15) is 51.6 Å². The summed E-state index contributed by atoms with van der Waals surface area (Å²) >= 11 is 5.36. The molecule has 1 atom stereocenters. The molecule has 0 radical (unpaired) electrons. The van der Waals surface area contributed by atoms with Crippen LogP contribution in [-0.2, 0) is 62.6 Å². The number of aliphatic hydroxyl groups excluding tert-OH is 1. The quantitative estimate of drug-likeness (QED) is 0.0850. The Hall–Kier alpha value is -1.95. The molecule has 0 bridgehead atoms. The summed E-state index contributed by atoms with van der Waals surface area (Å²) in [7, 11) is 0.852. The van der Waals surface area contributed by atoms with Gasteiger partial charge in [0, 0.05) is 17.8 Å². The number of methoxy groups -OCH3 is 4. The predicted octanol–water partition coefficient (Wildman–Crippen LogP) is 0.894. The van der Waals surface area contributed by atoms with Gasteiger partial charge in [-0.05, 0) is 120 Å². The maximum absolute atomic E-state index is 11.2. The molecule has 18 heteroatoms. The molecular weight excluding hydrogens is 763 g/mol. The Morgan fingerprint density at radius 1 is 0.556 bits per heavy atom. The fourth-order valence-corrected chi connectivity index (χ4v) is 8.04. The molecule has 4 rings (SSSR count). The van der Waals surface area contributed by atoms with E-state index in [1.54, 1.807) is 0 Å². The molecule has 1 unspecified atom stereocenters. The number of halogens is 1. The van der Waals surface area contributed by atoms with Crippen LogP contribution in [0.1, 0.15) is 103 Å². The van der Waals surface area contributed by atoms with Crippen LogP contribution in [0.25, 0.3) is 0 Å². The zero-order chi connectivity index (χ0) is 40.1. The van der Waals surface area contributed by atoms with Gasteiger partial charge >= 0.3 is 53.4 Å². The minimum absolute atomic E-state index is 0. The number of carbonyl (C=O) groups excluding carboxylic acids is 7. The van der Waals surface area contributed by atoms with E-state index in [1.807, 2.05) is 0 Å². The van der Waals surface area contributed by atoms with Gasteiger partial charge in [0.2, 0.25) is 5.24 Å². The van der Waals surface area contributed by atoms with Crippen LogP contribution in [-0.4, -0.2) is 93.6 Å². The molecule has 304 valence electrons. The Morgan fingerprint density at radius 3 is 1.02 bits per heavy atom. The third kappa shape index (κ3) is 18.8. The molecule has 4 saturated carbocycles. The van der Waals surface area contributed by atoms with Crippen molar-refractivity contribution in [1.82, 2.24) is 0 Å². The predicted molar refractivity (Wildman–Crippen MR) is 189 cm³/mol. The van der Waals surface area contributed by atoms with Gasteiger partial charge in [-0.25, -0.2) is 8.42 Å². The van der Waals surface area contributed by atoms with Crippen molar-refractivity contribution in [1.29, 1.82) is 0 Å². The summed E-state index contributed by atoms with van der Waals surface area (Å²) in [5.41, 5.74) is -1.86. The van der Waals surface area contributed by atoms with Crippen molar-refractivity contribution in [3.05, 3.63) is 0 Å². The number of hydrogen-bond donors (Lipinski definition) is 1. The zero-order valence-corrected chi connectivity index (χ0v) is 35.7. The van der Waals surface area contributed by atoms with Gasteiger partial charge < -0.3 is 38.2 Å². The Bertz CT molecular complexity index is 1240. The van der Waals surface area contributed by atoms with Gasteiger partial charge in [0.05, 0.1) is 52.1 Å². The summed E-state index contributed by atoms with van der Waals surface area (Å²) in [6, 6.07) is 0.